The van der Waals surface area contributed by atoms with Crippen molar-refractivity contribution in [3.63, 3.8) is 0 Å². The minimum absolute atomic E-state index is 0.179. The lowest BCUT2D eigenvalue weighted by atomic mass is 10.1. The SMILES string of the molecule is Cc1cc(F)cc(C)c1S(=O)(=O)NCC1CCC(N)C1. The summed E-state index contributed by atoms with van der Waals surface area (Å²) in [5.74, 6) is -0.124. The van der Waals surface area contributed by atoms with Gasteiger partial charge in [0.2, 0.25) is 10.0 Å². The highest BCUT2D eigenvalue weighted by Crippen LogP contribution is 2.25. The van der Waals surface area contributed by atoms with Crippen LogP contribution in [0.2, 0.25) is 0 Å². The summed E-state index contributed by atoms with van der Waals surface area (Å²) in [7, 11) is -3.60. The van der Waals surface area contributed by atoms with Crippen LogP contribution in [0, 0.1) is 25.6 Å². The lowest BCUT2D eigenvalue weighted by Gasteiger charge is -2.15. The summed E-state index contributed by atoms with van der Waals surface area (Å²) < 4.78 is 40.6. The molecule has 20 heavy (non-hydrogen) atoms. The van der Waals surface area contributed by atoms with Crippen molar-refractivity contribution < 1.29 is 12.8 Å². The van der Waals surface area contributed by atoms with Gasteiger partial charge in [-0.05, 0) is 62.3 Å². The van der Waals surface area contributed by atoms with E-state index in [1.165, 1.54) is 12.1 Å². The van der Waals surface area contributed by atoms with Crippen LogP contribution in [0.1, 0.15) is 30.4 Å². The van der Waals surface area contributed by atoms with Gasteiger partial charge in [-0.3, -0.25) is 0 Å². The Hall–Kier alpha value is -0.980. The third-order valence-corrected chi connectivity index (χ3v) is 5.57. The lowest BCUT2D eigenvalue weighted by molar-refractivity contribution is 0.512. The van der Waals surface area contributed by atoms with Crippen molar-refractivity contribution in [2.24, 2.45) is 11.7 Å². The maximum absolute atomic E-state index is 13.2. The number of benzene rings is 1. The molecule has 0 spiro atoms. The molecule has 0 aromatic heterocycles. The Balaban J connectivity index is 2.15. The largest absolute Gasteiger partial charge is 0.328 e. The summed E-state index contributed by atoms with van der Waals surface area (Å²) in [6.45, 7) is 3.61. The molecule has 2 rings (SSSR count). The maximum Gasteiger partial charge on any atom is 0.241 e. The van der Waals surface area contributed by atoms with Gasteiger partial charge in [0.25, 0.3) is 0 Å². The molecule has 1 fully saturated rings. The van der Waals surface area contributed by atoms with Crippen LogP contribution in [0.25, 0.3) is 0 Å². The van der Waals surface area contributed by atoms with Crippen molar-refractivity contribution in [1.29, 1.82) is 0 Å². The van der Waals surface area contributed by atoms with Crippen LogP contribution < -0.4 is 10.5 Å². The molecule has 1 saturated carbocycles. The van der Waals surface area contributed by atoms with Crippen LogP contribution in [0.5, 0.6) is 0 Å². The van der Waals surface area contributed by atoms with E-state index in [1.807, 2.05) is 0 Å². The van der Waals surface area contributed by atoms with Crippen LogP contribution in [-0.4, -0.2) is 21.0 Å². The zero-order valence-electron chi connectivity index (χ0n) is 11.8. The van der Waals surface area contributed by atoms with Gasteiger partial charge in [-0.15, -0.1) is 0 Å². The van der Waals surface area contributed by atoms with Crippen LogP contribution in [0.4, 0.5) is 4.39 Å². The number of hydrogen-bond acceptors (Lipinski definition) is 3. The van der Waals surface area contributed by atoms with E-state index < -0.39 is 15.8 Å². The number of nitrogens with two attached hydrogens (primary N) is 1. The Morgan fingerprint density at radius 1 is 1.30 bits per heavy atom. The molecule has 2 atom stereocenters. The fraction of sp³-hybridized carbons (Fsp3) is 0.571. The topological polar surface area (TPSA) is 72.2 Å². The average molecular weight is 300 g/mol. The molecule has 0 bridgehead atoms. The third-order valence-electron chi connectivity index (χ3n) is 3.84. The quantitative estimate of drug-likeness (QED) is 0.891. The summed E-state index contributed by atoms with van der Waals surface area (Å²) in [5, 5.41) is 0. The predicted molar refractivity (Wildman–Crippen MR) is 76.4 cm³/mol. The molecular formula is C14H21FN2O2S. The first-order valence-electron chi connectivity index (χ1n) is 6.81. The molecule has 1 aromatic rings. The standard InChI is InChI=1S/C14H21FN2O2S/c1-9-5-12(15)6-10(2)14(9)20(18,19)17-8-11-3-4-13(16)7-11/h5-6,11,13,17H,3-4,7-8,16H2,1-2H3. The molecule has 6 heteroatoms. The molecule has 2 unspecified atom stereocenters. The second-order valence-corrected chi connectivity index (χ2v) is 7.36. The zero-order chi connectivity index (χ0) is 14.9. The molecule has 0 saturated heterocycles. The molecule has 0 heterocycles. The average Bonchev–Trinajstić information content (AvgIpc) is 2.71. The first-order chi connectivity index (χ1) is 9.29. The van der Waals surface area contributed by atoms with Crippen molar-refractivity contribution in [1.82, 2.24) is 4.72 Å². The van der Waals surface area contributed by atoms with Gasteiger partial charge < -0.3 is 5.73 Å². The summed E-state index contributed by atoms with van der Waals surface area (Å²) in [4.78, 5) is 0.182. The van der Waals surface area contributed by atoms with Gasteiger partial charge in [-0.1, -0.05) is 0 Å². The summed E-state index contributed by atoms with van der Waals surface area (Å²) in [6.07, 6.45) is 2.75. The Labute approximate surface area is 119 Å². The Bertz CT molecular complexity index is 578. The molecule has 0 aliphatic heterocycles. The highest BCUT2D eigenvalue weighted by atomic mass is 32.2. The maximum atomic E-state index is 13.2. The number of halogens is 1. The molecule has 0 amide bonds. The highest BCUT2D eigenvalue weighted by Gasteiger charge is 2.25. The Morgan fingerprint density at radius 3 is 2.40 bits per heavy atom. The van der Waals surface area contributed by atoms with Gasteiger partial charge >= 0.3 is 0 Å². The number of sulfonamides is 1. The van der Waals surface area contributed by atoms with Crippen molar-refractivity contribution in [3.05, 3.63) is 29.1 Å². The van der Waals surface area contributed by atoms with E-state index in [2.05, 4.69) is 4.72 Å². The minimum Gasteiger partial charge on any atom is -0.328 e. The van der Waals surface area contributed by atoms with Crippen LogP contribution in [-0.2, 0) is 10.0 Å². The third kappa shape index (κ3) is 3.37. The summed E-state index contributed by atoms with van der Waals surface area (Å²) in [5.41, 5.74) is 6.68. The normalized spacial score (nSPS) is 23.2. The van der Waals surface area contributed by atoms with Gasteiger partial charge in [0.1, 0.15) is 5.82 Å². The lowest BCUT2D eigenvalue weighted by Crippen LogP contribution is -2.30. The molecule has 1 aromatic carbocycles. The smallest absolute Gasteiger partial charge is 0.241 e. The molecule has 3 N–H and O–H groups in total. The van der Waals surface area contributed by atoms with Crippen LogP contribution in [0.3, 0.4) is 0 Å². The van der Waals surface area contributed by atoms with Crippen LogP contribution >= 0.6 is 0 Å². The monoisotopic (exact) mass is 300 g/mol. The van der Waals surface area contributed by atoms with Gasteiger partial charge in [-0.2, -0.15) is 0 Å². The predicted octanol–water partition coefficient (Wildman–Crippen LogP) is 1.85. The van der Waals surface area contributed by atoms with E-state index >= 15 is 0 Å². The Kier molecular flexibility index (Phi) is 4.46. The van der Waals surface area contributed by atoms with E-state index in [1.54, 1.807) is 13.8 Å². The van der Waals surface area contributed by atoms with Crippen molar-refractivity contribution in [2.75, 3.05) is 6.54 Å². The van der Waals surface area contributed by atoms with E-state index in [0.29, 0.717) is 23.6 Å². The first kappa shape index (κ1) is 15.4. The fourth-order valence-corrected chi connectivity index (χ4v) is 4.49. The van der Waals surface area contributed by atoms with Crippen molar-refractivity contribution in [2.45, 2.75) is 44.0 Å². The zero-order valence-corrected chi connectivity index (χ0v) is 12.6. The molecule has 112 valence electrons. The number of nitrogens with one attached hydrogen (secondary N) is 1. The van der Waals surface area contributed by atoms with Gasteiger partial charge in [0.15, 0.2) is 0 Å². The summed E-state index contributed by atoms with van der Waals surface area (Å²) in [6, 6.07) is 2.67. The molecule has 0 radical (unpaired) electrons. The van der Waals surface area contributed by atoms with Gasteiger partial charge in [0.05, 0.1) is 4.90 Å². The van der Waals surface area contributed by atoms with Crippen molar-refractivity contribution in [3.8, 4) is 0 Å². The van der Waals surface area contributed by atoms with Crippen molar-refractivity contribution >= 4 is 10.0 Å². The number of rotatable bonds is 4. The van der Waals surface area contributed by atoms with Crippen LogP contribution in [0.15, 0.2) is 17.0 Å². The second kappa shape index (κ2) is 5.79. The highest BCUT2D eigenvalue weighted by molar-refractivity contribution is 7.89. The minimum atomic E-state index is -3.60. The molecular weight excluding hydrogens is 279 g/mol. The number of aryl methyl sites for hydroxylation is 2. The second-order valence-electron chi connectivity index (χ2n) is 5.66. The van der Waals surface area contributed by atoms with Gasteiger partial charge in [0, 0.05) is 12.6 Å². The summed E-state index contributed by atoms with van der Waals surface area (Å²) >= 11 is 0. The Morgan fingerprint density at radius 2 is 1.90 bits per heavy atom. The molecule has 1 aliphatic rings. The first-order valence-corrected chi connectivity index (χ1v) is 8.30. The van der Waals surface area contributed by atoms with E-state index in [-0.39, 0.29) is 10.9 Å². The fourth-order valence-electron chi connectivity index (χ4n) is 2.92. The molecule has 1 aliphatic carbocycles. The van der Waals surface area contributed by atoms with Gasteiger partial charge in [-0.25, -0.2) is 17.5 Å². The van der Waals surface area contributed by atoms with E-state index in [9.17, 15) is 12.8 Å². The number of hydrogen-bond donors (Lipinski definition) is 2. The van der Waals surface area contributed by atoms with E-state index in [0.717, 1.165) is 19.3 Å². The molecule has 4 nitrogen and oxygen atoms in total. The van der Waals surface area contributed by atoms with E-state index in [4.69, 9.17) is 5.73 Å².